The summed E-state index contributed by atoms with van der Waals surface area (Å²) in [5, 5.41) is 17.1. The van der Waals surface area contributed by atoms with E-state index in [4.69, 9.17) is 5.11 Å². The Bertz CT molecular complexity index is 445. The Morgan fingerprint density at radius 2 is 2.15 bits per heavy atom. The first-order valence-electron chi connectivity index (χ1n) is 4.28. The molecule has 0 radical (unpaired) electrons. The number of benzene rings is 1. The summed E-state index contributed by atoms with van der Waals surface area (Å²) in [6.07, 6.45) is 0. The van der Waals surface area contributed by atoms with Crippen LogP contribution in [0.3, 0.4) is 0 Å². The van der Waals surface area contributed by atoms with Crippen LogP contribution in [0.5, 0.6) is 0 Å². The summed E-state index contributed by atoms with van der Waals surface area (Å²) >= 11 is 0. The number of nitrogens with zero attached hydrogens (tertiary/aromatic N) is 1. The van der Waals surface area contributed by atoms with Gasteiger partial charge in [0, 0.05) is 5.39 Å². The van der Waals surface area contributed by atoms with Gasteiger partial charge < -0.3 is 5.11 Å². The maximum absolute atomic E-state index is 9.07. The molecule has 0 aliphatic rings. The fourth-order valence-electron chi connectivity index (χ4n) is 1.57. The zero-order chi connectivity index (χ0) is 9.42. The summed E-state index contributed by atoms with van der Waals surface area (Å²) in [4.78, 5) is 0. The minimum absolute atomic E-state index is 0.0147. The first-order chi connectivity index (χ1) is 6.24. The lowest BCUT2D eigenvalue weighted by Gasteiger charge is -2.01. The third-order valence-corrected chi connectivity index (χ3v) is 2.49. The molecule has 0 amide bonds. The van der Waals surface area contributed by atoms with Gasteiger partial charge in [-0.1, -0.05) is 6.07 Å². The van der Waals surface area contributed by atoms with Gasteiger partial charge in [0.25, 0.3) is 0 Å². The Labute approximate surface area is 76.4 Å². The third-order valence-electron chi connectivity index (χ3n) is 2.49. The molecule has 0 unspecified atom stereocenters. The van der Waals surface area contributed by atoms with Crippen LogP contribution in [0.2, 0.25) is 0 Å². The van der Waals surface area contributed by atoms with E-state index in [1.54, 1.807) is 0 Å². The SMILES string of the molecule is Cc1ccc2n[nH]c(CO)c2c1C. The molecule has 2 rings (SSSR count). The van der Waals surface area contributed by atoms with Crippen molar-refractivity contribution in [2.75, 3.05) is 0 Å². The zero-order valence-corrected chi connectivity index (χ0v) is 7.76. The van der Waals surface area contributed by atoms with Gasteiger partial charge in [0.1, 0.15) is 0 Å². The van der Waals surface area contributed by atoms with Crippen molar-refractivity contribution in [2.45, 2.75) is 20.5 Å². The van der Waals surface area contributed by atoms with Crippen LogP contribution in [0.15, 0.2) is 12.1 Å². The fraction of sp³-hybridized carbons (Fsp3) is 0.300. The monoisotopic (exact) mass is 176 g/mol. The van der Waals surface area contributed by atoms with Gasteiger partial charge >= 0.3 is 0 Å². The van der Waals surface area contributed by atoms with Crippen molar-refractivity contribution < 1.29 is 5.11 Å². The van der Waals surface area contributed by atoms with E-state index in [-0.39, 0.29) is 6.61 Å². The van der Waals surface area contributed by atoms with Crippen molar-refractivity contribution >= 4 is 10.9 Å². The van der Waals surface area contributed by atoms with Crippen molar-refractivity contribution in [3.05, 3.63) is 29.0 Å². The van der Waals surface area contributed by atoms with E-state index in [1.807, 2.05) is 19.1 Å². The number of hydrogen-bond donors (Lipinski definition) is 2. The highest BCUT2D eigenvalue weighted by Gasteiger charge is 2.07. The second-order valence-electron chi connectivity index (χ2n) is 3.26. The molecule has 0 saturated heterocycles. The average molecular weight is 176 g/mol. The second kappa shape index (κ2) is 2.85. The molecule has 3 nitrogen and oxygen atoms in total. The molecular formula is C10H12N2O. The lowest BCUT2D eigenvalue weighted by atomic mass is 10.0. The zero-order valence-electron chi connectivity index (χ0n) is 7.76. The standard InChI is InChI=1S/C10H12N2O/c1-6-3-4-8-10(7(6)2)9(5-13)12-11-8/h3-4,13H,5H2,1-2H3,(H,11,12). The van der Waals surface area contributed by atoms with E-state index in [0.717, 1.165) is 16.6 Å². The van der Waals surface area contributed by atoms with Gasteiger partial charge in [0.05, 0.1) is 17.8 Å². The van der Waals surface area contributed by atoms with Crippen molar-refractivity contribution in [3.63, 3.8) is 0 Å². The fourth-order valence-corrected chi connectivity index (χ4v) is 1.57. The first-order valence-corrected chi connectivity index (χ1v) is 4.28. The number of aryl methyl sites for hydroxylation is 2. The molecule has 0 aliphatic carbocycles. The van der Waals surface area contributed by atoms with E-state index in [1.165, 1.54) is 11.1 Å². The van der Waals surface area contributed by atoms with E-state index in [0.29, 0.717) is 0 Å². The summed E-state index contributed by atoms with van der Waals surface area (Å²) < 4.78 is 0. The smallest absolute Gasteiger partial charge is 0.0927 e. The number of rotatable bonds is 1. The van der Waals surface area contributed by atoms with Crippen molar-refractivity contribution in [1.82, 2.24) is 10.2 Å². The van der Waals surface area contributed by atoms with Crippen LogP contribution in [0.1, 0.15) is 16.8 Å². The third kappa shape index (κ3) is 1.12. The van der Waals surface area contributed by atoms with E-state index >= 15 is 0 Å². The molecular weight excluding hydrogens is 164 g/mol. The molecule has 0 atom stereocenters. The predicted octanol–water partition coefficient (Wildman–Crippen LogP) is 1.67. The van der Waals surface area contributed by atoms with Gasteiger partial charge in [0.15, 0.2) is 0 Å². The van der Waals surface area contributed by atoms with Gasteiger partial charge in [0.2, 0.25) is 0 Å². The number of aromatic nitrogens is 2. The Morgan fingerprint density at radius 3 is 2.85 bits per heavy atom. The van der Waals surface area contributed by atoms with Crippen molar-refractivity contribution in [2.24, 2.45) is 0 Å². The highest BCUT2D eigenvalue weighted by atomic mass is 16.3. The van der Waals surface area contributed by atoms with Crippen LogP contribution >= 0.6 is 0 Å². The van der Waals surface area contributed by atoms with E-state index < -0.39 is 0 Å². The van der Waals surface area contributed by atoms with Crippen LogP contribution in [-0.4, -0.2) is 15.3 Å². The first kappa shape index (κ1) is 8.26. The van der Waals surface area contributed by atoms with E-state index in [2.05, 4.69) is 17.1 Å². The summed E-state index contributed by atoms with van der Waals surface area (Å²) in [6.45, 7) is 4.12. The molecule has 13 heavy (non-hydrogen) atoms. The number of fused-ring (bicyclic) bond motifs is 1. The molecule has 1 aromatic carbocycles. The van der Waals surface area contributed by atoms with Gasteiger partial charge in [-0.2, -0.15) is 5.10 Å². The number of aliphatic hydroxyl groups excluding tert-OH is 1. The van der Waals surface area contributed by atoms with Gasteiger partial charge in [-0.05, 0) is 31.0 Å². The highest BCUT2D eigenvalue weighted by molar-refractivity contribution is 5.85. The number of H-pyrrole nitrogens is 1. The largest absolute Gasteiger partial charge is 0.390 e. The lowest BCUT2D eigenvalue weighted by Crippen LogP contribution is -1.87. The molecule has 0 fully saturated rings. The Balaban J connectivity index is 2.85. The summed E-state index contributed by atoms with van der Waals surface area (Å²) in [6, 6.07) is 4.01. The molecule has 1 aromatic heterocycles. The molecule has 2 aromatic rings. The van der Waals surface area contributed by atoms with Crippen LogP contribution in [0.25, 0.3) is 10.9 Å². The molecule has 1 heterocycles. The molecule has 3 heteroatoms. The van der Waals surface area contributed by atoms with Gasteiger partial charge in [-0.15, -0.1) is 0 Å². The highest BCUT2D eigenvalue weighted by Crippen LogP contribution is 2.22. The average Bonchev–Trinajstić information content (AvgIpc) is 2.55. The minimum atomic E-state index is 0.0147. The van der Waals surface area contributed by atoms with Crippen molar-refractivity contribution in [3.8, 4) is 0 Å². The summed E-state index contributed by atoms with van der Waals surface area (Å²) in [5.41, 5.74) is 4.14. The Hall–Kier alpha value is -1.35. The van der Waals surface area contributed by atoms with Crippen molar-refractivity contribution in [1.29, 1.82) is 0 Å². The number of hydrogen-bond acceptors (Lipinski definition) is 2. The predicted molar refractivity (Wildman–Crippen MR) is 51.5 cm³/mol. The molecule has 0 saturated carbocycles. The van der Waals surface area contributed by atoms with Crippen LogP contribution in [0, 0.1) is 13.8 Å². The normalized spacial score (nSPS) is 11.0. The minimum Gasteiger partial charge on any atom is -0.390 e. The van der Waals surface area contributed by atoms with Crippen LogP contribution < -0.4 is 0 Å². The Kier molecular flexibility index (Phi) is 1.81. The van der Waals surface area contributed by atoms with Crippen LogP contribution in [-0.2, 0) is 6.61 Å². The maximum Gasteiger partial charge on any atom is 0.0927 e. The molecule has 0 spiro atoms. The summed E-state index contributed by atoms with van der Waals surface area (Å²) in [5.74, 6) is 0. The van der Waals surface area contributed by atoms with Crippen LogP contribution in [0.4, 0.5) is 0 Å². The molecule has 0 aliphatic heterocycles. The number of aliphatic hydroxyl groups is 1. The second-order valence-corrected chi connectivity index (χ2v) is 3.26. The molecule has 2 N–H and O–H groups in total. The molecule has 68 valence electrons. The maximum atomic E-state index is 9.07. The van der Waals surface area contributed by atoms with E-state index in [9.17, 15) is 0 Å². The van der Waals surface area contributed by atoms with Gasteiger partial charge in [-0.25, -0.2) is 0 Å². The number of nitrogens with one attached hydrogen (secondary N) is 1. The topological polar surface area (TPSA) is 48.9 Å². The van der Waals surface area contributed by atoms with Gasteiger partial charge in [-0.3, -0.25) is 5.10 Å². The summed E-state index contributed by atoms with van der Waals surface area (Å²) in [7, 11) is 0. The molecule has 0 bridgehead atoms. The Morgan fingerprint density at radius 1 is 1.38 bits per heavy atom. The number of aromatic amines is 1. The quantitative estimate of drug-likeness (QED) is 0.694. The lowest BCUT2D eigenvalue weighted by molar-refractivity contribution is 0.278.